The third-order valence-corrected chi connectivity index (χ3v) is 4.11. The Morgan fingerprint density at radius 2 is 2.13 bits per heavy atom. The zero-order valence-corrected chi connectivity index (χ0v) is 10.9. The summed E-state index contributed by atoms with van der Waals surface area (Å²) in [7, 11) is 0. The van der Waals surface area contributed by atoms with Crippen molar-refractivity contribution in [1.29, 1.82) is 0 Å². The van der Waals surface area contributed by atoms with Crippen LogP contribution in [0.3, 0.4) is 0 Å². The van der Waals surface area contributed by atoms with Crippen molar-refractivity contribution in [2.45, 2.75) is 32.6 Å². The van der Waals surface area contributed by atoms with Crippen molar-refractivity contribution in [3.05, 3.63) is 26.7 Å². The SMILES string of the molecule is Cc1cc(C2CC2)n2nc(C)c(I)c2n1. The molecule has 1 fully saturated rings. The summed E-state index contributed by atoms with van der Waals surface area (Å²) >= 11 is 2.33. The minimum absolute atomic E-state index is 0.712. The Hall–Kier alpha value is -0.650. The molecule has 0 aliphatic heterocycles. The van der Waals surface area contributed by atoms with E-state index in [4.69, 9.17) is 0 Å². The predicted molar refractivity (Wildman–Crippen MR) is 67.2 cm³/mol. The molecule has 0 unspecified atom stereocenters. The van der Waals surface area contributed by atoms with Crippen LogP contribution in [0.25, 0.3) is 5.65 Å². The lowest BCUT2D eigenvalue weighted by Crippen LogP contribution is -2.00. The number of fused-ring (bicyclic) bond motifs is 1. The van der Waals surface area contributed by atoms with Crippen LogP contribution in [0, 0.1) is 17.4 Å². The van der Waals surface area contributed by atoms with E-state index in [9.17, 15) is 0 Å². The van der Waals surface area contributed by atoms with Crippen molar-refractivity contribution < 1.29 is 0 Å². The zero-order chi connectivity index (χ0) is 10.6. The number of nitrogens with zero attached hydrogens (tertiary/aromatic N) is 3. The lowest BCUT2D eigenvalue weighted by molar-refractivity contribution is 0.824. The third-order valence-electron chi connectivity index (χ3n) is 2.84. The highest BCUT2D eigenvalue weighted by Gasteiger charge is 2.27. The van der Waals surface area contributed by atoms with Gasteiger partial charge in [-0.25, -0.2) is 9.50 Å². The van der Waals surface area contributed by atoms with Gasteiger partial charge in [0.25, 0.3) is 0 Å². The molecule has 2 aromatic heterocycles. The summed E-state index contributed by atoms with van der Waals surface area (Å²) in [5.74, 6) is 0.712. The topological polar surface area (TPSA) is 30.2 Å². The molecular weight excluding hydrogens is 301 g/mol. The summed E-state index contributed by atoms with van der Waals surface area (Å²) < 4.78 is 3.21. The van der Waals surface area contributed by atoms with Gasteiger partial charge in [-0.2, -0.15) is 5.10 Å². The molecule has 0 aromatic carbocycles. The van der Waals surface area contributed by atoms with Gasteiger partial charge in [-0.05, 0) is 55.3 Å². The van der Waals surface area contributed by atoms with Gasteiger partial charge in [0.05, 0.1) is 9.26 Å². The van der Waals surface area contributed by atoms with Crippen LogP contribution < -0.4 is 0 Å². The fraction of sp³-hybridized carbons (Fsp3) is 0.455. The molecule has 0 radical (unpaired) electrons. The molecule has 0 spiro atoms. The number of aryl methyl sites for hydroxylation is 2. The first-order valence-corrected chi connectivity index (χ1v) is 6.27. The summed E-state index contributed by atoms with van der Waals surface area (Å²) in [6, 6.07) is 2.17. The average molecular weight is 313 g/mol. The summed E-state index contributed by atoms with van der Waals surface area (Å²) in [5.41, 5.74) is 4.54. The van der Waals surface area contributed by atoms with Crippen molar-refractivity contribution in [2.24, 2.45) is 0 Å². The quantitative estimate of drug-likeness (QED) is 0.758. The minimum atomic E-state index is 0.712. The summed E-state index contributed by atoms with van der Waals surface area (Å²) in [4.78, 5) is 4.56. The fourth-order valence-electron chi connectivity index (χ4n) is 1.92. The summed E-state index contributed by atoms with van der Waals surface area (Å²) in [6.45, 7) is 4.10. The normalized spacial score (nSPS) is 16.2. The maximum Gasteiger partial charge on any atom is 0.169 e. The van der Waals surface area contributed by atoms with Crippen LogP contribution in [0.5, 0.6) is 0 Å². The Morgan fingerprint density at radius 1 is 1.40 bits per heavy atom. The molecule has 0 atom stereocenters. The van der Waals surface area contributed by atoms with Gasteiger partial charge in [0, 0.05) is 17.3 Å². The highest BCUT2D eigenvalue weighted by atomic mass is 127. The molecule has 2 heterocycles. The smallest absolute Gasteiger partial charge is 0.169 e. The van der Waals surface area contributed by atoms with E-state index in [-0.39, 0.29) is 0 Å². The standard InChI is InChI=1S/C11H12IN3/c1-6-5-9(8-3-4-8)15-11(13-6)10(12)7(2)14-15/h5,8H,3-4H2,1-2H3. The number of hydrogen-bond acceptors (Lipinski definition) is 2. The van der Waals surface area contributed by atoms with Crippen molar-refractivity contribution >= 4 is 28.2 Å². The van der Waals surface area contributed by atoms with E-state index in [2.05, 4.69) is 45.7 Å². The second-order valence-electron chi connectivity index (χ2n) is 4.23. The Bertz CT molecular complexity index is 540. The maximum atomic E-state index is 4.56. The van der Waals surface area contributed by atoms with Gasteiger partial charge in [0.15, 0.2) is 5.65 Å². The van der Waals surface area contributed by atoms with Crippen LogP contribution in [-0.4, -0.2) is 14.6 Å². The second kappa shape index (κ2) is 3.17. The van der Waals surface area contributed by atoms with E-state index in [1.54, 1.807) is 0 Å². The van der Waals surface area contributed by atoms with Crippen molar-refractivity contribution in [2.75, 3.05) is 0 Å². The van der Waals surface area contributed by atoms with Crippen LogP contribution in [-0.2, 0) is 0 Å². The molecule has 2 aromatic rings. The highest BCUT2D eigenvalue weighted by molar-refractivity contribution is 14.1. The van der Waals surface area contributed by atoms with E-state index < -0.39 is 0 Å². The third kappa shape index (κ3) is 1.46. The van der Waals surface area contributed by atoms with Crippen LogP contribution in [0.1, 0.15) is 35.8 Å². The van der Waals surface area contributed by atoms with Crippen molar-refractivity contribution in [3.63, 3.8) is 0 Å². The molecule has 0 N–H and O–H groups in total. The van der Waals surface area contributed by atoms with Crippen LogP contribution >= 0.6 is 22.6 Å². The second-order valence-corrected chi connectivity index (χ2v) is 5.31. The van der Waals surface area contributed by atoms with E-state index in [0.29, 0.717) is 5.92 Å². The first-order chi connectivity index (χ1) is 7.16. The van der Waals surface area contributed by atoms with Gasteiger partial charge in [-0.1, -0.05) is 0 Å². The summed E-state index contributed by atoms with van der Waals surface area (Å²) in [5, 5.41) is 4.56. The first kappa shape index (κ1) is 9.57. The first-order valence-electron chi connectivity index (χ1n) is 5.19. The number of rotatable bonds is 1. The average Bonchev–Trinajstić information content (AvgIpc) is 2.98. The number of hydrogen-bond donors (Lipinski definition) is 0. The van der Waals surface area contributed by atoms with E-state index >= 15 is 0 Å². The fourth-order valence-corrected chi connectivity index (χ4v) is 2.37. The molecule has 0 amide bonds. The van der Waals surface area contributed by atoms with Gasteiger partial charge in [-0.15, -0.1) is 0 Å². The molecule has 1 saturated carbocycles. The van der Waals surface area contributed by atoms with E-state index in [0.717, 1.165) is 17.0 Å². The lowest BCUT2D eigenvalue weighted by Gasteiger charge is -2.03. The molecule has 0 saturated heterocycles. The zero-order valence-electron chi connectivity index (χ0n) is 8.79. The molecular formula is C11H12IN3. The van der Waals surface area contributed by atoms with Crippen LogP contribution in [0.4, 0.5) is 0 Å². The Kier molecular flexibility index (Phi) is 2.02. The van der Waals surface area contributed by atoms with Crippen LogP contribution in [0.15, 0.2) is 6.07 Å². The molecule has 1 aliphatic carbocycles. The van der Waals surface area contributed by atoms with Gasteiger partial charge in [-0.3, -0.25) is 0 Å². The van der Waals surface area contributed by atoms with Crippen LogP contribution in [0.2, 0.25) is 0 Å². The highest BCUT2D eigenvalue weighted by Crippen LogP contribution is 2.40. The molecule has 1 aliphatic rings. The molecule has 0 bridgehead atoms. The largest absolute Gasteiger partial charge is 0.233 e. The van der Waals surface area contributed by atoms with Gasteiger partial charge in [0.2, 0.25) is 0 Å². The molecule has 4 heteroatoms. The monoisotopic (exact) mass is 313 g/mol. The van der Waals surface area contributed by atoms with Crippen molar-refractivity contribution in [1.82, 2.24) is 14.6 Å². The number of halogens is 1. The molecule has 15 heavy (non-hydrogen) atoms. The number of aromatic nitrogens is 3. The minimum Gasteiger partial charge on any atom is -0.233 e. The van der Waals surface area contributed by atoms with E-state index in [1.165, 1.54) is 22.1 Å². The predicted octanol–water partition coefficient (Wildman–Crippen LogP) is 2.83. The molecule has 3 nitrogen and oxygen atoms in total. The maximum absolute atomic E-state index is 4.56. The lowest BCUT2D eigenvalue weighted by atomic mass is 10.2. The Morgan fingerprint density at radius 3 is 2.80 bits per heavy atom. The van der Waals surface area contributed by atoms with Gasteiger partial charge in [0.1, 0.15) is 0 Å². The summed E-state index contributed by atoms with van der Waals surface area (Å²) in [6.07, 6.45) is 2.60. The Labute approximate surface area is 102 Å². The van der Waals surface area contributed by atoms with Gasteiger partial charge < -0.3 is 0 Å². The van der Waals surface area contributed by atoms with E-state index in [1.807, 2.05) is 11.4 Å². The molecule has 78 valence electrons. The van der Waals surface area contributed by atoms with Crippen molar-refractivity contribution in [3.8, 4) is 0 Å². The Balaban J connectivity index is 2.38. The van der Waals surface area contributed by atoms with Gasteiger partial charge >= 0.3 is 0 Å². The molecule has 3 rings (SSSR count).